The zero-order chi connectivity index (χ0) is 20.4. The quantitative estimate of drug-likeness (QED) is 0.498. The minimum atomic E-state index is -0.485. The van der Waals surface area contributed by atoms with Crippen molar-refractivity contribution < 1.29 is 18.7 Å². The first-order chi connectivity index (χ1) is 14.1. The lowest BCUT2D eigenvalue weighted by atomic mass is 10.1. The fraction of sp³-hybridized carbons (Fsp3) is 0.0952. The van der Waals surface area contributed by atoms with Gasteiger partial charge in [-0.3, -0.25) is 10.1 Å². The molecule has 0 saturated heterocycles. The third kappa shape index (κ3) is 3.57. The molecule has 2 aromatic carbocycles. The van der Waals surface area contributed by atoms with Gasteiger partial charge in [0, 0.05) is 10.8 Å². The average Bonchev–Trinajstić information content (AvgIpc) is 3.20. The third-order valence-electron chi connectivity index (χ3n) is 4.29. The van der Waals surface area contributed by atoms with Gasteiger partial charge in [0.25, 0.3) is 5.91 Å². The van der Waals surface area contributed by atoms with Crippen molar-refractivity contribution in [2.45, 2.75) is 0 Å². The summed E-state index contributed by atoms with van der Waals surface area (Å²) in [5, 5.41) is 5.57. The molecule has 4 rings (SSSR count). The van der Waals surface area contributed by atoms with Crippen molar-refractivity contribution in [3.8, 4) is 22.8 Å². The van der Waals surface area contributed by atoms with Crippen molar-refractivity contribution in [3.05, 3.63) is 69.9 Å². The maximum atomic E-state index is 12.7. The molecular formula is C21H16N2O5S. The number of amides is 1. The second kappa shape index (κ2) is 7.76. The van der Waals surface area contributed by atoms with E-state index in [1.807, 2.05) is 12.1 Å². The van der Waals surface area contributed by atoms with Crippen molar-refractivity contribution in [2.75, 3.05) is 19.5 Å². The number of rotatable bonds is 5. The highest BCUT2D eigenvalue weighted by atomic mass is 32.1. The molecular weight excluding hydrogens is 392 g/mol. The Hall–Kier alpha value is -3.65. The molecule has 2 heterocycles. The van der Waals surface area contributed by atoms with Gasteiger partial charge in [-0.1, -0.05) is 24.3 Å². The Balaban J connectivity index is 1.63. The highest BCUT2D eigenvalue weighted by molar-refractivity contribution is 7.14. The van der Waals surface area contributed by atoms with Gasteiger partial charge in [-0.25, -0.2) is 9.78 Å². The van der Waals surface area contributed by atoms with E-state index in [0.717, 1.165) is 5.39 Å². The Morgan fingerprint density at radius 1 is 1.10 bits per heavy atom. The number of hydrogen-bond acceptors (Lipinski definition) is 7. The number of ether oxygens (including phenoxy) is 2. The number of benzene rings is 2. The Morgan fingerprint density at radius 2 is 1.93 bits per heavy atom. The van der Waals surface area contributed by atoms with E-state index in [9.17, 15) is 9.59 Å². The van der Waals surface area contributed by atoms with Gasteiger partial charge in [0.15, 0.2) is 16.6 Å². The molecule has 146 valence electrons. The monoisotopic (exact) mass is 408 g/mol. The first kappa shape index (κ1) is 18.7. The van der Waals surface area contributed by atoms with Gasteiger partial charge >= 0.3 is 5.63 Å². The van der Waals surface area contributed by atoms with Crippen LogP contribution in [0.4, 0.5) is 5.13 Å². The predicted octanol–water partition coefficient (Wildman–Crippen LogP) is 4.19. The minimum Gasteiger partial charge on any atom is -0.493 e. The lowest BCUT2D eigenvalue weighted by Crippen LogP contribution is -2.13. The summed E-state index contributed by atoms with van der Waals surface area (Å²) in [6.45, 7) is 0. The Labute approximate surface area is 169 Å². The van der Waals surface area contributed by atoms with Crippen LogP contribution in [0.5, 0.6) is 11.5 Å². The molecule has 0 aliphatic heterocycles. The first-order valence-electron chi connectivity index (χ1n) is 8.62. The van der Waals surface area contributed by atoms with Gasteiger partial charge in [-0.2, -0.15) is 0 Å². The first-order valence-corrected chi connectivity index (χ1v) is 9.50. The molecule has 0 fully saturated rings. The molecule has 0 aliphatic carbocycles. The zero-order valence-corrected chi connectivity index (χ0v) is 16.4. The summed E-state index contributed by atoms with van der Waals surface area (Å²) >= 11 is 1.21. The van der Waals surface area contributed by atoms with Gasteiger partial charge in [0.1, 0.15) is 5.58 Å². The smallest absolute Gasteiger partial charge is 0.345 e. The van der Waals surface area contributed by atoms with Crippen LogP contribution < -0.4 is 20.4 Å². The molecule has 1 N–H and O–H groups in total. The number of aromatic nitrogens is 1. The van der Waals surface area contributed by atoms with Crippen LogP contribution in [0.2, 0.25) is 0 Å². The van der Waals surface area contributed by atoms with Crippen LogP contribution in [0.1, 0.15) is 10.4 Å². The zero-order valence-electron chi connectivity index (χ0n) is 15.6. The Kier molecular flexibility index (Phi) is 5.01. The molecule has 1 amide bonds. The van der Waals surface area contributed by atoms with E-state index in [4.69, 9.17) is 13.9 Å². The highest BCUT2D eigenvalue weighted by Crippen LogP contribution is 2.32. The molecule has 4 aromatic rings. The van der Waals surface area contributed by atoms with Gasteiger partial charge < -0.3 is 13.9 Å². The van der Waals surface area contributed by atoms with E-state index >= 15 is 0 Å². The third-order valence-corrected chi connectivity index (χ3v) is 5.05. The summed E-state index contributed by atoms with van der Waals surface area (Å²) in [5.74, 6) is 0.389. The topological polar surface area (TPSA) is 90.7 Å². The van der Waals surface area contributed by atoms with Crippen LogP contribution in [0.3, 0.4) is 0 Å². The fourth-order valence-corrected chi connectivity index (χ4v) is 3.63. The molecule has 0 aliphatic rings. The van der Waals surface area contributed by atoms with E-state index in [2.05, 4.69) is 10.3 Å². The second-order valence-electron chi connectivity index (χ2n) is 6.02. The summed E-state index contributed by atoms with van der Waals surface area (Å²) in [6.07, 6.45) is 0. The number of carbonyl (C=O) groups excluding carboxylic acids is 1. The molecule has 7 nitrogen and oxygen atoms in total. The van der Waals surface area contributed by atoms with E-state index in [0.29, 0.717) is 39.0 Å². The van der Waals surface area contributed by atoms with E-state index in [1.165, 1.54) is 25.6 Å². The molecule has 0 bridgehead atoms. The normalized spacial score (nSPS) is 10.7. The van der Waals surface area contributed by atoms with E-state index in [-0.39, 0.29) is 0 Å². The summed E-state index contributed by atoms with van der Waals surface area (Å²) in [7, 11) is 2.97. The summed E-state index contributed by atoms with van der Waals surface area (Å²) in [4.78, 5) is 29.4. The Bertz CT molecular complexity index is 1260. The summed E-state index contributed by atoms with van der Waals surface area (Å²) < 4.78 is 15.9. The maximum absolute atomic E-state index is 12.7. The molecule has 8 heteroatoms. The second-order valence-corrected chi connectivity index (χ2v) is 6.88. The van der Waals surface area contributed by atoms with Crippen LogP contribution in [0.25, 0.3) is 22.2 Å². The van der Waals surface area contributed by atoms with Gasteiger partial charge in [-0.05, 0) is 24.3 Å². The number of thiazole rings is 1. The highest BCUT2D eigenvalue weighted by Gasteiger charge is 2.18. The van der Waals surface area contributed by atoms with Crippen LogP contribution in [-0.4, -0.2) is 25.1 Å². The van der Waals surface area contributed by atoms with Crippen LogP contribution in [0.15, 0.2) is 63.1 Å². The van der Waals surface area contributed by atoms with Crippen molar-refractivity contribution in [1.29, 1.82) is 0 Å². The minimum absolute atomic E-state index is 0.314. The molecule has 0 spiro atoms. The largest absolute Gasteiger partial charge is 0.493 e. The number of carbonyl (C=O) groups is 1. The fourth-order valence-electron chi connectivity index (χ4n) is 2.93. The molecule has 0 atom stereocenters. The maximum Gasteiger partial charge on any atom is 0.345 e. The van der Waals surface area contributed by atoms with E-state index in [1.54, 1.807) is 41.8 Å². The number of nitrogens with one attached hydrogen (secondary N) is 1. The molecule has 0 saturated carbocycles. The average molecular weight is 408 g/mol. The van der Waals surface area contributed by atoms with E-state index < -0.39 is 11.5 Å². The molecule has 29 heavy (non-hydrogen) atoms. The van der Waals surface area contributed by atoms with Crippen molar-refractivity contribution in [1.82, 2.24) is 4.98 Å². The van der Waals surface area contributed by atoms with Gasteiger partial charge in [-0.15, -0.1) is 11.3 Å². The number of methoxy groups -OCH3 is 2. The predicted molar refractivity (Wildman–Crippen MR) is 111 cm³/mol. The van der Waals surface area contributed by atoms with Gasteiger partial charge in [0.2, 0.25) is 0 Å². The van der Waals surface area contributed by atoms with Crippen LogP contribution >= 0.6 is 11.3 Å². The van der Waals surface area contributed by atoms with Crippen molar-refractivity contribution in [3.63, 3.8) is 0 Å². The lowest BCUT2D eigenvalue weighted by Gasteiger charge is -2.11. The number of nitrogens with zero attached hydrogens (tertiary/aromatic N) is 1. The Morgan fingerprint density at radius 3 is 2.72 bits per heavy atom. The van der Waals surface area contributed by atoms with Crippen molar-refractivity contribution >= 4 is 33.3 Å². The SMILES string of the molecule is COc1cccc(C(=O)Nc2nc(-c3cc4ccccc4oc3=O)cs2)c1OC. The number of para-hydroxylation sites is 2. The summed E-state index contributed by atoms with van der Waals surface area (Å²) in [6, 6.07) is 14.0. The van der Waals surface area contributed by atoms with Crippen LogP contribution in [0, 0.1) is 0 Å². The summed E-state index contributed by atoms with van der Waals surface area (Å²) in [5.41, 5.74) is 1.10. The van der Waals surface area contributed by atoms with Crippen molar-refractivity contribution in [2.24, 2.45) is 0 Å². The molecule has 0 unspecified atom stereocenters. The number of fused-ring (bicyclic) bond motifs is 1. The number of anilines is 1. The molecule has 2 aromatic heterocycles. The lowest BCUT2D eigenvalue weighted by molar-refractivity contribution is 0.102. The van der Waals surface area contributed by atoms with Gasteiger partial charge in [0.05, 0.1) is 31.0 Å². The standard InChI is InChI=1S/C21H16N2O5S/c1-26-17-9-5-7-13(18(17)27-2)19(24)23-21-22-15(11-29-21)14-10-12-6-3-4-8-16(12)28-20(14)25/h3-11H,1-2H3,(H,22,23,24). The van der Waals surface area contributed by atoms with Crippen LogP contribution in [-0.2, 0) is 0 Å². The molecule has 0 radical (unpaired) electrons. The number of hydrogen-bond donors (Lipinski definition) is 1.